The summed E-state index contributed by atoms with van der Waals surface area (Å²) in [7, 11) is 0. The zero-order valence-corrected chi connectivity index (χ0v) is 15.2. The van der Waals surface area contributed by atoms with Gasteiger partial charge in [0.15, 0.2) is 0 Å². The summed E-state index contributed by atoms with van der Waals surface area (Å²) >= 11 is 0. The van der Waals surface area contributed by atoms with Gasteiger partial charge in [-0.15, -0.1) is 0 Å². The maximum absolute atomic E-state index is 14.9. The van der Waals surface area contributed by atoms with E-state index in [-0.39, 0.29) is 6.61 Å². The maximum Gasteiger partial charge on any atom is 0.147 e. The Balaban J connectivity index is 1.69. The molecule has 0 atom stereocenters. The lowest BCUT2D eigenvalue weighted by atomic mass is 9.95. The Labute approximate surface area is 157 Å². The predicted octanol–water partition coefficient (Wildman–Crippen LogP) is 3.88. The minimum Gasteiger partial charge on any atom is -0.489 e. The normalized spacial score (nSPS) is 16.2. The molecule has 0 saturated carbocycles. The third-order valence-electron chi connectivity index (χ3n) is 5.18. The number of fused-ring (bicyclic) bond motifs is 1. The van der Waals surface area contributed by atoms with Crippen molar-refractivity contribution in [2.45, 2.75) is 25.4 Å². The summed E-state index contributed by atoms with van der Waals surface area (Å²) in [5.41, 5.74) is 2.85. The van der Waals surface area contributed by atoms with E-state index >= 15 is 0 Å². The predicted molar refractivity (Wildman–Crippen MR) is 102 cm³/mol. The van der Waals surface area contributed by atoms with E-state index < -0.39 is 5.67 Å². The second kappa shape index (κ2) is 7.01. The van der Waals surface area contributed by atoms with Crippen molar-refractivity contribution < 1.29 is 9.13 Å². The minimum absolute atomic E-state index is 0.0326. The summed E-state index contributed by atoms with van der Waals surface area (Å²) in [6.07, 6.45) is 4.45. The average Bonchev–Trinajstić information content (AvgIpc) is 3.12. The number of aromatic amines is 1. The van der Waals surface area contributed by atoms with Crippen LogP contribution < -0.4 is 10.1 Å². The smallest absolute Gasteiger partial charge is 0.147 e. The van der Waals surface area contributed by atoms with Crippen molar-refractivity contribution in [3.63, 3.8) is 0 Å². The van der Waals surface area contributed by atoms with Crippen LogP contribution >= 0.6 is 0 Å². The molecule has 2 aromatic heterocycles. The molecule has 6 heteroatoms. The molecule has 0 unspecified atom stereocenters. The number of nitrogens with zero attached hydrogens (tertiary/aromatic N) is 2. The number of pyridine rings is 1. The Morgan fingerprint density at radius 1 is 1.30 bits per heavy atom. The Morgan fingerprint density at radius 3 is 2.85 bits per heavy atom. The molecule has 3 aromatic rings. The molecule has 27 heavy (non-hydrogen) atoms. The molecular weight excluding hydrogens is 343 g/mol. The molecule has 1 aliphatic rings. The van der Waals surface area contributed by atoms with E-state index in [0.717, 1.165) is 22.1 Å². The molecule has 2 N–H and O–H groups in total. The van der Waals surface area contributed by atoms with Gasteiger partial charge < -0.3 is 15.0 Å². The monoisotopic (exact) mass is 364 g/mol. The molecule has 1 saturated heterocycles. The topological polar surface area (TPSA) is 73.7 Å². The van der Waals surface area contributed by atoms with Gasteiger partial charge in [0.2, 0.25) is 0 Å². The molecule has 1 aromatic carbocycles. The molecule has 3 heterocycles. The van der Waals surface area contributed by atoms with Gasteiger partial charge in [0, 0.05) is 18.0 Å². The molecule has 0 aliphatic carbocycles. The molecule has 0 spiro atoms. The van der Waals surface area contributed by atoms with Crippen LogP contribution in [0.2, 0.25) is 0 Å². The second-order valence-electron chi connectivity index (χ2n) is 7.07. The van der Waals surface area contributed by atoms with Gasteiger partial charge in [-0.2, -0.15) is 5.26 Å². The Kier molecular flexibility index (Phi) is 4.54. The summed E-state index contributed by atoms with van der Waals surface area (Å²) in [5.74, 6) is 0.619. The van der Waals surface area contributed by atoms with Gasteiger partial charge in [-0.05, 0) is 56.1 Å². The molecule has 1 aliphatic heterocycles. The van der Waals surface area contributed by atoms with Crippen molar-refractivity contribution >= 4 is 11.0 Å². The van der Waals surface area contributed by atoms with E-state index in [9.17, 15) is 4.39 Å². The van der Waals surface area contributed by atoms with E-state index in [0.29, 0.717) is 42.9 Å². The standard InChI is InChI=1S/C21H21FN4O/c1-14-10-15(2-3-16(14)11-23)17-12-26-20-19(17)18(4-7-25-20)27-13-21(22)5-8-24-9-6-21/h2-4,7,10,12,24H,5-6,8-9,13H2,1H3,(H,25,26). The zero-order chi connectivity index (χ0) is 18.9. The number of H-pyrrole nitrogens is 1. The van der Waals surface area contributed by atoms with Crippen LogP contribution in [0.15, 0.2) is 36.7 Å². The van der Waals surface area contributed by atoms with Gasteiger partial charge in [-0.3, -0.25) is 0 Å². The van der Waals surface area contributed by atoms with Crippen LogP contribution in [0.5, 0.6) is 5.75 Å². The maximum atomic E-state index is 14.9. The molecule has 5 nitrogen and oxygen atoms in total. The van der Waals surface area contributed by atoms with Gasteiger partial charge in [0.05, 0.1) is 17.0 Å². The van der Waals surface area contributed by atoms with Crippen molar-refractivity contribution in [3.8, 4) is 22.9 Å². The first-order chi connectivity index (χ1) is 13.1. The number of piperidine rings is 1. The van der Waals surface area contributed by atoms with E-state index in [1.54, 1.807) is 12.3 Å². The van der Waals surface area contributed by atoms with Crippen molar-refractivity contribution in [1.29, 1.82) is 5.26 Å². The highest BCUT2D eigenvalue weighted by Crippen LogP contribution is 2.36. The number of rotatable bonds is 4. The first-order valence-corrected chi connectivity index (χ1v) is 9.09. The van der Waals surface area contributed by atoms with Crippen molar-refractivity contribution in [1.82, 2.24) is 15.3 Å². The number of hydrogen-bond acceptors (Lipinski definition) is 4. The fourth-order valence-corrected chi connectivity index (χ4v) is 3.56. The minimum atomic E-state index is -1.30. The van der Waals surface area contributed by atoms with Gasteiger partial charge >= 0.3 is 0 Å². The molecular formula is C21H21FN4O. The highest BCUT2D eigenvalue weighted by Gasteiger charge is 2.33. The lowest BCUT2D eigenvalue weighted by molar-refractivity contribution is 0.0546. The summed E-state index contributed by atoms with van der Waals surface area (Å²) < 4.78 is 20.9. The third kappa shape index (κ3) is 3.38. The average molecular weight is 364 g/mol. The molecule has 4 rings (SSSR count). The highest BCUT2D eigenvalue weighted by molar-refractivity contribution is 5.98. The number of benzene rings is 1. The lowest BCUT2D eigenvalue weighted by Crippen LogP contribution is -2.42. The number of alkyl halides is 1. The van der Waals surface area contributed by atoms with Gasteiger partial charge in [-0.1, -0.05) is 12.1 Å². The van der Waals surface area contributed by atoms with E-state index in [4.69, 9.17) is 10.00 Å². The number of aromatic nitrogens is 2. The first kappa shape index (κ1) is 17.5. The summed E-state index contributed by atoms with van der Waals surface area (Å²) in [6, 6.07) is 9.66. The quantitative estimate of drug-likeness (QED) is 0.737. The Bertz CT molecular complexity index is 1010. The number of hydrogen-bond donors (Lipinski definition) is 2. The third-order valence-corrected chi connectivity index (χ3v) is 5.18. The van der Waals surface area contributed by atoms with Crippen LogP contribution in [0.3, 0.4) is 0 Å². The Morgan fingerprint density at radius 2 is 2.11 bits per heavy atom. The van der Waals surface area contributed by atoms with Gasteiger partial charge in [0.25, 0.3) is 0 Å². The van der Waals surface area contributed by atoms with Crippen LogP contribution in [-0.4, -0.2) is 35.3 Å². The van der Waals surface area contributed by atoms with E-state index in [1.807, 2.05) is 31.3 Å². The van der Waals surface area contributed by atoms with Crippen LogP contribution in [0.1, 0.15) is 24.0 Å². The number of halogens is 1. The molecule has 1 fully saturated rings. The summed E-state index contributed by atoms with van der Waals surface area (Å²) in [6.45, 7) is 3.29. The number of nitriles is 1. The van der Waals surface area contributed by atoms with Crippen LogP contribution in [0.4, 0.5) is 4.39 Å². The lowest BCUT2D eigenvalue weighted by Gasteiger charge is -2.29. The van der Waals surface area contributed by atoms with Crippen molar-refractivity contribution in [2.75, 3.05) is 19.7 Å². The SMILES string of the molecule is Cc1cc(-c2c[nH]c3nccc(OCC4(F)CCNCC4)c23)ccc1C#N. The molecule has 138 valence electrons. The van der Waals surface area contributed by atoms with Crippen LogP contribution in [0.25, 0.3) is 22.2 Å². The highest BCUT2D eigenvalue weighted by atomic mass is 19.1. The van der Waals surface area contributed by atoms with Crippen LogP contribution in [0, 0.1) is 18.3 Å². The Hall–Kier alpha value is -2.91. The van der Waals surface area contributed by atoms with Crippen LogP contribution in [-0.2, 0) is 0 Å². The van der Waals surface area contributed by atoms with Gasteiger partial charge in [-0.25, -0.2) is 9.37 Å². The van der Waals surface area contributed by atoms with E-state index in [1.165, 1.54) is 0 Å². The largest absolute Gasteiger partial charge is 0.489 e. The van der Waals surface area contributed by atoms with E-state index in [2.05, 4.69) is 21.4 Å². The zero-order valence-electron chi connectivity index (χ0n) is 15.2. The van der Waals surface area contributed by atoms with Crippen molar-refractivity contribution in [3.05, 3.63) is 47.8 Å². The van der Waals surface area contributed by atoms with Crippen molar-refractivity contribution in [2.24, 2.45) is 0 Å². The molecule has 0 radical (unpaired) electrons. The summed E-state index contributed by atoms with van der Waals surface area (Å²) in [5, 5.41) is 13.2. The number of ether oxygens (including phenoxy) is 1. The molecule has 0 bridgehead atoms. The summed E-state index contributed by atoms with van der Waals surface area (Å²) in [4.78, 5) is 7.53. The molecule has 0 amide bonds. The first-order valence-electron chi connectivity index (χ1n) is 9.09. The number of nitrogens with one attached hydrogen (secondary N) is 2. The fraction of sp³-hybridized carbons (Fsp3) is 0.333. The van der Waals surface area contributed by atoms with Gasteiger partial charge in [0.1, 0.15) is 23.7 Å². The fourth-order valence-electron chi connectivity index (χ4n) is 3.56. The second-order valence-corrected chi connectivity index (χ2v) is 7.07. The number of aryl methyl sites for hydroxylation is 1.